The number of hydrogen-bond acceptors (Lipinski definition) is 5. The lowest BCUT2D eigenvalue weighted by Crippen LogP contribution is -2.19. The number of aromatic nitrogens is 6. The Morgan fingerprint density at radius 2 is 1.75 bits per heavy atom. The molecular formula is C30H25F2N7O. The van der Waals surface area contributed by atoms with Crippen molar-refractivity contribution in [3.63, 3.8) is 0 Å². The molecule has 10 heteroatoms. The summed E-state index contributed by atoms with van der Waals surface area (Å²) in [4.78, 5) is 28.8. The number of fused-ring (bicyclic) bond motifs is 2. The quantitative estimate of drug-likeness (QED) is 0.222. The molecule has 1 amide bonds. The van der Waals surface area contributed by atoms with Crippen molar-refractivity contribution < 1.29 is 13.6 Å². The maximum absolute atomic E-state index is 16.1. The summed E-state index contributed by atoms with van der Waals surface area (Å²) < 4.78 is 30.7. The van der Waals surface area contributed by atoms with Crippen LogP contribution >= 0.6 is 0 Å². The molecule has 6 aromatic rings. The first-order chi connectivity index (χ1) is 19.2. The van der Waals surface area contributed by atoms with E-state index in [2.05, 4.69) is 30.5 Å². The lowest BCUT2D eigenvalue weighted by atomic mass is 9.92. The largest absolute Gasteiger partial charge is 0.337 e. The second-order valence-electron chi connectivity index (χ2n) is 10.8. The van der Waals surface area contributed by atoms with E-state index in [4.69, 9.17) is 4.98 Å². The zero-order chi connectivity index (χ0) is 28.0. The average Bonchev–Trinajstić information content (AvgIpc) is 3.53. The molecule has 4 aromatic heterocycles. The molecular weight excluding hydrogens is 512 g/mol. The van der Waals surface area contributed by atoms with E-state index in [1.807, 2.05) is 26.8 Å². The van der Waals surface area contributed by atoms with E-state index in [0.29, 0.717) is 51.2 Å². The van der Waals surface area contributed by atoms with Gasteiger partial charge in [0.1, 0.15) is 17.2 Å². The molecule has 0 aliphatic heterocycles. The first-order valence-corrected chi connectivity index (χ1v) is 12.7. The standard InChI is InChI=1S/C30H25F2N7O/c1-30(2,3)12-23(40)35-17-11-16(13-33-14-17)26-25(32)24-22(15-34-26)38-39-28(24)29-36-21-10-6-8-19(27(21)37-29)18-7-4-5-9-20(18)31/h4-11,13-15H,12H2,1-3H3,(H,35,40)(H,36,37)(H,38,39). The summed E-state index contributed by atoms with van der Waals surface area (Å²) >= 11 is 0. The predicted molar refractivity (Wildman–Crippen MR) is 150 cm³/mol. The van der Waals surface area contributed by atoms with Gasteiger partial charge in [0.2, 0.25) is 5.91 Å². The highest BCUT2D eigenvalue weighted by Crippen LogP contribution is 2.35. The van der Waals surface area contributed by atoms with Gasteiger partial charge in [0.15, 0.2) is 11.6 Å². The number of nitrogens with zero attached hydrogens (tertiary/aromatic N) is 4. The van der Waals surface area contributed by atoms with E-state index in [1.54, 1.807) is 36.4 Å². The van der Waals surface area contributed by atoms with Crippen molar-refractivity contribution in [3.05, 3.63) is 78.8 Å². The van der Waals surface area contributed by atoms with Gasteiger partial charge in [0.25, 0.3) is 0 Å². The number of hydrogen-bond donors (Lipinski definition) is 3. The number of rotatable bonds is 5. The minimum Gasteiger partial charge on any atom is -0.337 e. The van der Waals surface area contributed by atoms with Gasteiger partial charge in [0.05, 0.1) is 40.0 Å². The fraction of sp³-hybridized carbons (Fsp3) is 0.167. The highest BCUT2D eigenvalue weighted by Gasteiger charge is 2.22. The van der Waals surface area contributed by atoms with Crippen molar-refractivity contribution in [3.8, 4) is 33.9 Å². The van der Waals surface area contributed by atoms with Gasteiger partial charge in [-0.25, -0.2) is 13.8 Å². The van der Waals surface area contributed by atoms with Crippen LogP contribution in [0.3, 0.4) is 0 Å². The van der Waals surface area contributed by atoms with Crippen molar-refractivity contribution in [2.75, 3.05) is 5.32 Å². The van der Waals surface area contributed by atoms with Crippen LogP contribution in [0.4, 0.5) is 14.5 Å². The molecule has 6 rings (SSSR count). The SMILES string of the molecule is CC(C)(C)CC(=O)Nc1cncc(-c2ncc3[nH]nc(-c4nc5c(-c6ccccc6F)cccc5[nH]4)c3c2F)c1. The summed E-state index contributed by atoms with van der Waals surface area (Å²) in [7, 11) is 0. The fourth-order valence-corrected chi connectivity index (χ4v) is 4.71. The van der Waals surface area contributed by atoms with Gasteiger partial charge in [-0.05, 0) is 23.6 Å². The summed E-state index contributed by atoms with van der Waals surface area (Å²) in [5.41, 5.74) is 3.57. The molecule has 0 radical (unpaired) electrons. The molecule has 2 aromatic carbocycles. The molecule has 0 unspecified atom stereocenters. The number of amides is 1. The fourth-order valence-electron chi connectivity index (χ4n) is 4.71. The summed E-state index contributed by atoms with van der Waals surface area (Å²) in [5.74, 6) is -0.817. The van der Waals surface area contributed by atoms with Gasteiger partial charge < -0.3 is 10.3 Å². The van der Waals surface area contributed by atoms with Crippen LogP contribution in [0.15, 0.2) is 67.1 Å². The van der Waals surface area contributed by atoms with Crippen molar-refractivity contribution in [2.45, 2.75) is 27.2 Å². The zero-order valence-corrected chi connectivity index (χ0v) is 22.0. The monoisotopic (exact) mass is 537 g/mol. The van der Waals surface area contributed by atoms with Crippen molar-refractivity contribution in [1.82, 2.24) is 30.1 Å². The van der Waals surface area contributed by atoms with Crippen molar-refractivity contribution in [2.24, 2.45) is 5.41 Å². The Morgan fingerprint density at radius 3 is 2.55 bits per heavy atom. The average molecular weight is 538 g/mol. The van der Waals surface area contributed by atoms with Crippen LogP contribution in [0.2, 0.25) is 0 Å². The van der Waals surface area contributed by atoms with Gasteiger partial charge in [-0.1, -0.05) is 51.1 Å². The summed E-state index contributed by atoms with van der Waals surface area (Å²) in [5, 5.41) is 10.2. The third-order valence-electron chi connectivity index (χ3n) is 6.43. The number of benzene rings is 2. The molecule has 0 atom stereocenters. The second-order valence-corrected chi connectivity index (χ2v) is 10.8. The molecule has 0 saturated carbocycles. The molecule has 8 nitrogen and oxygen atoms in total. The molecule has 0 aliphatic rings. The molecule has 0 spiro atoms. The minimum absolute atomic E-state index is 0.0535. The van der Waals surface area contributed by atoms with E-state index in [1.165, 1.54) is 24.7 Å². The van der Waals surface area contributed by atoms with Crippen LogP contribution in [0, 0.1) is 17.0 Å². The van der Waals surface area contributed by atoms with Crippen LogP contribution in [0.1, 0.15) is 27.2 Å². The van der Waals surface area contributed by atoms with Crippen LogP contribution in [-0.4, -0.2) is 36.0 Å². The van der Waals surface area contributed by atoms with E-state index >= 15 is 4.39 Å². The van der Waals surface area contributed by atoms with Crippen LogP contribution in [0.5, 0.6) is 0 Å². The van der Waals surface area contributed by atoms with Gasteiger partial charge in [-0.3, -0.25) is 19.9 Å². The number of anilines is 1. The smallest absolute Gasteiger partial charge is 0.224 e. The Labute approximate surface area is 227 Å². The van der Waals surface area contributed by atoms with Crippen LogP contribution in [-0.2, 0) is 4.79 Å². The summed E-state index contributed by atoms with van der Waals surface area (Å²) in [6.07, 6.45) is 4.80. The molecule has 200 valence electrons. The lowest BCUT2D eigenvalue weighted by Gasteiger charge is -2.17. The number of H-pyrrole nitrogens is 2. The number of halogens is 2. The Hall–Kier alpha value is -4.99. The highest BCUT2D eigenvalue weighted by atomic mass is 19.1. The Balaban J connectivity index is 1.41. The lowest BCUT2D eigenvalue weighted by molar-refractivity contribution is -0.117. The van der Waals surface area contributed by atoms with E-state index in [-0.39, 0.29) is 33.9 Å². The first-order valence-electron chi connectivity index (χ1n) is 12.7. The Morgan fingerprint density at radius 1 is 0.950 bits per heavy atom. The van der Waals surface area contributed by atoms with Crippen LogP contribution < -0.4 is 5.32 Å². The number of pyridine rings is 2. The number of para-hydroxylation sites is 1. The molecule has 40 heavy (non-hydrogen) atoms. The third-order valence-corrected chi connectivity index (χ3v) is 6.43. The molecule has 4 heterocycles. The molecule has 0 saturated heterocycles. The van der Waals surface area contributed by atoms with E-state index in [9.17, 15) is 9.18 Å². The normalized spacial score (nSPS) is 11.8. The second kappa shape index (κ2) is 9.64. The topological polar surface area (TPSA) is 112 Å². The molecule has 3 N–H and O–H groups in total. The number of imidazole rings is 1. The zero-order valence-electron chi connectivity index (χ0n) is 22.0. The third kappa shape index (κ3) is 4.68. The number of aromatic amines is 2. The number of nitrogens with one attached hydrogen (secondary N) is 3. The van der Waals surface area contributed by atoms with Gasteiger partial charge >= 0.3 is 0 Å². The molecule has 0 fully saturated rings. The maximum Gasteiger partial charge on any atom is 0.224 e. The first kappa shape index (κ1) is 25.3. The van der Waals surface area contributed by atoms with E-state index < -0.39 is 5.82 Å². The van der Waals surface area contributed by atoms with Crippen LogP contribution in [0.25, 0.3) is 55.8 Å². The van der Waals surface area contributed by atoms with E-state index in [0.717, 1.165) is 0 Å². The molecule has 0 bridgehead atoms. The molecule has 0 aliphatic carbocycles. The summed E-state index contributed by atoms with van der Waals surface area (Å²) in [6.45, 7) is 5.92. The predicted octanol–water partition coefficient (Wildman–Crippen LogP) is 6.88. The van der Waals surface area contributed by atoms with Crippen molar-refractivity contribution in [1.29, 1.82) is 0 Å². The maximum atomic E-state index is 16.1. The van der Waals surface area contributed by atoms with Gasteiger partial charge in [0, 0.05) is 29.3 Å². The highest BCUT2D eigenvalue weighted by molar-refractivity contribution is 5.98. The Bertz CT molecular complexity index is 1900. The van der Waals surface area contributed by atoms with Crippen molar-refractivity contribution >= 4 is 33.5 Å². The Kier molecular flexibility index (Phi) is 6.10. The number of carbonyl (C=O) groups is 1. The van der Waals surface area contributed by atoms with Gasteiger partial charge in [-0.15, -0.1) is 0 Å². The van der Waals surface area contributed by atoms with Gasteiger partial charge in [-0.2, -0.15) is 5.10 Å². The summed E-state index contributed by atoms with van der Waals surface area (Å²) in [6, 6.07) is 13.5. The minimum atomic E-state index is -0.615. The number of carbonyl (C=O) groups excluding carboxylic acids is 1.